The van der Waals surface area contributed by atoms with Gasteiger partial charge >= 0.3 is 11.7 Å². The highest BCUT2D eigenvalue weighted by Gasteiger charge is 2.17. The van der Waals surface area contributed by atoms with Crippen LogP contribution >= 0.6 is 11.8 Å². The van der Waals surface area contributed by atoms with E-state index in [4.69, 9.17) is 4.74 Å². The normalized spacial score (nSPS) is 11.7. The van der Waals surface area contributed by atoms with Crippen LogP contribution in [0, 0.1) is 10.1 Å². The minimum Gasteiger partial charge on any atom is -0.490 e. The predicted molar refractivity (Wildman–Crippen MR) is 71.6 cm³/mol. The van der Waals surface area contributed by atoms with E-state index in [9.17, 15) is 14.9 Å². The van der Waals surface area contributed by atoms with E-state index in [-0.39, 0.29) is 29.1 Å². The van der Waals surface area contributed by atoms with E-state index < -0.39 is 4.92 Å². The Morgan fingerprint density at radius 2 is 2.16 bits per heavy atom. The second-order valence-corrected chi connectivity index (χ2v) is 5.31. The number of thioether (sulfide) groups is 1. The zero-order valence-corrected chi connectivity index (χ0v) is 11.7. The Morgan fingerprint density at radius 1 is 1.47 bits per heavy atom. The van der Waals surface area contributed by atoms with Crippen molar-refractivity contribution in [3.05, 3.63) is 28.3 Å². The van der Waals surface area contributed by atoms with Crippen molar-refractivity contribution in [3.63, 3.8) is 0 Å². The minimum absolute atomic E-state index is 0.0126. The second-order valence-electron chi connectivity index (χ2n) is 3.80. The highest BCUT2D eigenvalue weighted by molar-refractivity contribution is 8.00. The summed E-state index contributed by atoms with van der Waals surface area (Å²) >= 11 is 1.43. The fourth-order valence-corrected chi connectivity index (χ4v) is 2.48. The van der Waals surface area contributed by atoms with Gasteiger partial charge in [-0.25, -0.2) is 0 Å². The molecule has 19 heavy (non-hydrogen) atoms. The Labute approximate surface area is 115 Å². The van der Waals surface area contributed by atoms with Crippen LogP contribution in [0.15, 0.2) is 23.1 Å². The summed E-state index contributed by atoms with van der Waals surface area (Å²) in [5.41, 5.74) is -0.0764. The lowest BCUT2D eigenvalue weighted by Gasteiger charge is -2.10. The van der Waals surface area contributed by atoms with Gasteiger partial charge in [0.25, 0.3) is 0 Å². The molecule has 6 nitrogen and oxygen atoms in total. The summed E-state index contributed by atoms with van der Waals surface area (Å²) in [5.74, 6) is -0.0749. The zero-order valence-electron chi connectivity index (χ0n) is 10.9. The average molecular weight is 285 g/mol. The Hall–Kier alpha value is -1.76. The van der Waals surface area contributed by atoms with Crippen LogP contribution in [0.5, 0.6) is 5.75 Å². The molecule has 0 fully saturated rings. The fraction of sp³-hybridized carbons (Fsp3) is 0.417. The minimum atomic E-state index is -0.495. The van der Waals surface area contributed by atoms with E-state index in [1.807, 2.05) is 6.92 Å². The van der Waals surface area contributed by atoms with E-state index in [0.717, 1.165) is 4.90 Å². The van der Waals surface area contributed by atoms with Crippen LogP contribution in [0.4, 0.5) is 5.69 Å². The molecule has 0 heterocycles. The van der Waals surface area contributed by atoms with Gasteiger partial charge < -0.3 is 9.47 Å². The van der Waals surface area contributed by atoms with Gasteiger partial charge in [-0.1, -0.05) is 6.92 Å². The summed E-state index contributed by atoms with van der Waals surface area (Å²) in [4.78, 5) is 22.2. The van der Waals surface area contributed by atoms with Gasteiger partial charge in [-0.2, -0.15) is 0 Å². The van der Waals surface area contributed by atoms with Gasteiger partial charge in [-0.15, -0.1) is 11.8 Å². The molecule has 104 valence electrons. The van der Waals surface area contributed by atoms with Crippen LogP contribution in [0.3, 0.4) is 0 Å². The fourth-order valence-electron chi connectivity index (χ4n) is 1.47. The number of nitro groups is 1. The Balaban J connectivity index is 2.80. The lowest BCUT2D eigenvalue weighted by Crippen LogP contribution is -2.08. The lowest BCUT2D eigenvalue weighted by molar-refractivity contribution is -0.385. The molecule has 1 unspecified atom stereocenters. The number of esters is 1. The number of carbonyl (C=O) groups is 1. The molecule has 0 saturated carbocycles. The smallest absolute Gasteiger partial charge is 0.310 e. The number of ether oxygens (including phenoxy) is 2. The predicted octanol–water partition coefficient (Wildman–Crippen LogP) is 2.65. The summed E-state index contributed by atoms with van der Waals surface area (Å²) in [6.45, 7) is 1.88. The third kappa shape index (κ3) is 4.44. The molecular weight excluding hydrogens is 270 g/mol. The number of hydrogen-bond acceptors (Lipinski definition) is 6. The highest BCUT2D eigenvalue weighted by atomic mass is 32.2. The molecule has 1 aromatic rings. The first kappa shape index (κ1) is 15.3. The third-order valence-electron chi connectivity index (χ3n) is 2.37. The summed E-state index contributed by atoms with van der Waals surface area (Å²) in [6, 6.07) is 4.63. The summed E-state index contributed by atoms with van der Waals surface area (Å²) < 4.78 is 9.57. The van der Waals surface area contributed by atoms with E-state index in [2.05, 4.69) is 4.74 Å². The van der Waals surface area contributed by atoms with Crippen molar-refractivity contribution in [2.24, 2.45) is 0 Å². The molecule has 0 saturated heterocycles. The maximum Gasteiger partial charge on any atom is 0.310 e. The Bertz CT molecular complexity index is 477. The van der Waals surface area contributed by atoms with Crippen LogP contribution in [0.1, 0.15) is 13.3 Å². The van der Waals surface area contributed by atoms with Crippen LogP contribution in [-0.4, -0.2) is 30.4 Å². The molecule has 0 radical (unpaired) electrons. The van der Waals surface area contributed by atoms with E-state index >= 15 is 0 Å². The second kappa shape index (κ2) is 6.98. The quantitative estimate of drug-likeness (QED) is 0.346. The Kier molecular flexibility index (Phi) is 5.62. The Morgan fingerprint density at radius 3 is 2.68 bits per heavy atom. The van der Waals surface area contributed by atoms with Crippen molar-refractivity contribution in [2.45, 2.75) is 23.5 Å². The standard InChI is InChI=1S/C12H15NO5S/c1-8(6-12(14)18-3)19-9-4-5-10(13(15)16)11(7-9)17-2/h4-5,7-8H,6H2,1-3H3. The summed E-state index contributed by atoms with van der Waals surface area (Å²) in [7, 11) is 2.73. The SMILES string of the molecule is COC(=O)CC(C)Sc1ccc([N+](=O)[O-])c(OC)c1. The molecule has 0 N–H and O–H groups in total. The molecule has 7 heteroatoms. The first-order chi connectivity index (χ1) is 8.97. The van der Waals surface area contributed by atoms with Crippen LogP contribution in [0.25, 0.3) is 0 Å². The summed E-state index contributed by atoms with van der Waals surface area (Å²) in [6.07, 6.45) is 0.278. The number of carbonyl (C=O) groups excluding carboxylic acids is 1. The monoisotopic (exact) mass is 285 g/mol. The van der Waals surface area contributed by atoms with Crippen molar-refractivity contribution in [3.8, 4) is 5.75 Å². The number of hydrogen-bond donors (Lipinski definition) is 0. The molecule has 0 amide bonds. The number of nitro benzene ring substituents is 1. The molecule has 1 rings (SSSR count). The van der Waals surface area contributed by atoms with Gasteiger partial charge in [0, 0.05) is 22.3 Å². The van der Waals surface area contributed by atoms with Crippen molar-refractivity contribution in [1.29, 1.82) is 0 Å². The molecule has 1 aromatic carbocycles. The van der Waals surface area contributed by atoms with Crippen molar-refractivity contribution in [2.75, 3.05) is 14.2 Å². The van der Waals surface area contributed by atoms with E-state index in [1.165, 1.54) is 32.0 Å². The van der Waals surface area contributed by atoms with Crippen molar-refractivity contribution < 1.29 is 19.2 Å². The lowest BCUT2D eigenvalue weighted by atomic mass is 10.3. The first-order valence-electron chi connectivity index (χ1n) is 5.53. The van der Waals surface area contributed by atoms with Gasteiger partial charge in [-0.05, 0) is 6.07 Å². The molecule has 0 aliphatic rings. The molecular formula is C12H15NO5S. The van der Waals surface area contributed by atoms with Gasteiger partial charge in [-0.3, -0.25) is 14.9 Å². The maximum atomic E-state index is 11.1. The van der Waals surface area contributed by atoms with E-state index in [1.54, 1.807) is 12.1 Å². The topological polar surface area (TPSA) is 78.7 Å². The molecule has 0 aliphatic heterocycles. The third-order valence-corrected chi connectivity index (χ3v) is 3.46. The highest BCUT2D eigenvalue weighted by Crippen LogP contribution is 2.34. The molecule has 0 aromatic heterocycles. The number of methoxy groups -OCH3 is 2. The van der Waals surface area contributed by atoms with Crippen LogP contribution in [-0.2, 0) is 9.53 Å². The number of nitrogens with zero attached hydrogens (tertiary/aromatic N) is 1. The molecule has 0 bridgehead atoms. The average Bonchev–Trinajstić information content (AvgIpc) is 2.37. The van der Waals surface area contributed by atoms with Gasteiger partial charge in [0.05, 0.1) is 25.6 Å². The van der Waals surface area contributed by atoms with Crippen LogP contribution in [0.2, 0.25) is 0 Å². The summed E-state index contributed by atoms with van der Waals surface area (Å²) in [5, 5.41) is 10.8. The van der Waals surface area contributed by atoms with E-state index in [0.29, 0.717) is 0 Å². The van der Waals surface area contributed by atoms with Crippen LogP contribution < -0.4 is 4.74 Å². The number of rotatable bonds is 6. The molecule has 1 atom stereocenters. The van der Waals surface area contributed by atoms with Gasteiger partial charge in [0.1, 0.15) is 0 Å². The molecule has 0 aliphatic carbocycles. The largest absolute Gasteiger partial charge is 0.490 e. The zero-order chi connectivity index (χ0) is 14.4. The maximum absolute atomic E-state index is 11.1. The van der Waals surface area contributed by atoms with Gasteiger partial charge in [0.2, 0.25) is 0 Å². The van der Waals surface area contributed by atoms with Crippen molar-refractivity contribution in [1.82, 2.24) is 0 Å². The number of benzene rings is 1. The van der Waals surface area contributed by atoms with Crippen molar-refractivity contribution >= 4 is 23.4 Å². The molecule has 0 spiro atoms. The van der Waals surface area contributed by atoms with Gasteiger partial charge in [0.15, 0.2) is 5.75 Å². The first-order valence-corrected chi connectivity index (χ1v) is 6.41.